The van der Waals surface area contributed by atoms with Crippen molar-refractivity contribution in [2.45, 2.75) is 6.92 Å². The summed E-state index contributed by atoms with van der Waals surface area (Å²) >= 11 is 1.64. The molecule has 6 heteroatoms. The number of hydrogen-bond donors (Lipinski definition) is 1. The first-order valence-electron chi connectivity index (χ1n) is 7.98. The SMILES string of the molecule is Cc1ncc(-c2ccc3cnc(NC(=O)c4ccc(F)cc4)cc3c2)s1. The Morgan fingerprint density at radius 3 is 2.54 bits per heavy atom. The van der Waals surface area contributed by atoms with Crippen molar-refractivity contribution in [2.75, 3.05) is 5.32 Å². The van der Waals surface area contributed by atoms with Crippen LogP contribution in [0.2, 0.25) is 0 Å². The van der Waals surface area contributed by atoms with Crippen molar-refractivity contribution >= 4 is 33.8 Å². The lowest BCUT2D eigenvalue weighted by molar-refractivity contribution is 0.102. The standard InChI is InChI=1S/C20H14FN3OS/c1-12-22-11-18(26-12)14-2-3-15-10-23-19(9-16(15)8-14)24-20(25)13-4-6-17(21)7-5-13/h2-11H,1H3,(H,23,24,25). The Kier molecular flexibility index (Phi) is 4.18. The van der Waals surface area contributed by atoms with Gasteiger partial charge in [-0.1, -0.05) is 12.1 Å². The van der Waals surface area contributed by atoms with Crippen LogP contribution in [0.3, 0.4) is 0 Å². The number of halogens is 1. The van der Waals surface area contributed by atoms with Crippen molar-refractivity contribution < 1.29 is 9.18 Å². The van der Waals surface area contributed by atoms with E-state index in [1.54, 1.807) is 17.5 Å². The molecule has 2 aromatic heterocycles. The number of rotatable bonds is 3. The summed E-state index contributed by atoms with van der Waals surface area (Å²) in [5.74, 6) is -0.258. The zero-order valence-corrected chi connectivity index (χ0v) is 14.7. The average molecular weight is 363 g/mol. The van der Waals surface area contributed by atoms with Gasteiger partial charge in [-0.25, -0.2) is 14.4 Å². The lowest BCUT2D eigenvalue weighted by atomic mass is 10.1. The van der Waals surface area contributed by atoms with Gasteiger partial charge < -0.3 is 5.32 Å². The molecule has 0 atom stereocenters. The molecule has 0 aliphatic carbocycles. The molecule has 1 N–H and O–H groups in total. The predicted octanol–water partition coefficient (Wildman–Crippen LogP) is 5.06. The third-order valence-electron chi connectivity index (χ3n) is 3.98. The second-order valence-corrected chi connectivity index (χ2v) is 7.07. The van der Waals surface area contributed by atoms with Crippen LogP contribution in [0.5, 0.6) is 0 Å². The highest BCUT2D eigenvalue weighted by Crippen LogP contribution is 2.29. The number of benzene rings is 2. The summed E-state index contributed by atoms with van der Waals surface area (Å²) in [6, 6.07) is 13.3. The Hall–Kier alpha value is -3.12. The van der Waals surface area contributed by atoms with Crippen LogP contribution in [-0.4, -0.2) is 15.9 Å². The first-order chi connectivity index (χ1) is 12.6. The lowest BCUT2D eigenvalue weighted by Crippen LogP contribution is -2.12. The number of anilines is 1. The van der Waals surface area contributed by atoms with Crippen molar-refractivity contribution in [1.82, 2.24) is 9.97 Å². The maximum absolute atomic E-state index is 13.0. The van der Waals surface area contributed by atoms with Crippen molar-refractivity contribution in [3.8, 4) is 10.4 Å². The molecule has 0 aliphatic heterocycles. The molecular formula is C20H14FN3OS. The number of thiazole rings is 1. The number of nitrogens with zero attached hydrogens (tertiary/aromatic N) is 2. The largest absolute Gasteiger partial charge is 0.307 e. The highest BCUT2D eigenvalue weighted by molar-refractivity contribution is 7.15. The molecule has 0 spiro atoms. The maximum atomic E-state index is 13.0. The van der Waals surface area contributed by atoms with Gasteiger partial charge in [-0.15, -0.1) is 11.3 Å². The minimum absolute atomic E-state index is 0.328. The fourth-order valence-electron chi connectivity index (χ4n) is 2.65. The summed E-state index contributed by atoms with van der Waals surface area (Å²) < 4.78 is 13.0. The zero-order valence-electron chi connectivity index (χ0n) is 13.9. The van der Waals surface area contributed by atoms with Crippen LogP contribution < -0.4 is 5.32 Å². The number of fused-ring (bicyclic) bond motifs is 1. The lowest BCUT2D eigenvalue weighted by Gasteiger charge is -2.07. The Bertz CT molecular complexity index is 1110. The Labute approximate surface area is 153 Å². The van der Waals surface area contributed by atoms with Gasteiger partial charge in [0.1, 0.15) is 11.6 Å². The van der Waals surface area contributed by atoms with E-state index < -0.39 is 0 Å². The van der Waals surface area contributed by atoms with Crippen LogP contribution in [0.15, 0.2) is 60.9 Å². The Morgan fingerprint density at radius 1 is 1.00 bits per heavy atom. The molecule has 26 heavy (non-hydrogen) atoms. The van der Waals surface area contributed by atoms with Gasteiger partial charge in [0.05, 0.1) is 9.88 Å². The smallest absolute Gasteiger partial charge is 0.256 e. The average Bonchev–Trinajstić information content (AvgIpc) is 3.08. The van der Waals surface area contributed by atoms with E-state index in [0.29, 0.717) is 11.4 Å². The molecule has 0 saturated carbocycles. The summed E-state index contributed by atoms with van der Waals surface area (Å²) in [4.78, 5) is 21.9. The highest BCUT2D eigenvalue weighted by atomic mass is 32.1. The topological polar surface area (TPSA) is 54.9 Å². The number of carbonyl (C=O) groups excluding carboxylic acids is 1. The number of carbonyl (C=O) groups is 1. The molecule has 128 valence electrons. The molecule has 4 rings (SSSR count). The number of aromatic nitrogens is 2. The number of hydrogen-bond acceptors (Lipinski definition) is 4. The molecule has 0 saturated heterocycles. The van der Waals surface area contributed by atoms with Gasteiger partial charge in [-0.2, -0.15) is 0 Å². The number of pyridine rings is 1. The Morgan fingerprint density at radius 2 is 1.81 bits per heavy atom. The van der Waals surface area contributed by atoms with Crippen molar-refractivity contribution in [3.05, 3.63) is 77.3 Å². The predicted molar refractivity (Wildman–Crippen MR) is 102 cm³/mol. The van der Waals surface area contributed by atoms with E-state index in [1.165, 1.54) is 24.3 Å². The van der Waals surface area contributed by atoms with E-state index >= 15 is 0 Å². The second kappa shape index (κ2) is 6.65. The third-order valence-corrected chi connectivity index (χ3v) is 4.94. The van der Waals surface area contributed by atoms with Crippen molar-refractivity contribution in [1.29, 1.82) is 0 Å². The van der Waals surface area contributed by atoms with Crippen LogP contribution in [0.25, 0.3) is 21.2 Å². The van der Waals surface area contributed by atoms with Crippen LogP contribution in [-0.2, 0) is 0 Å². The molecule has 0 fully saturated rings. The summed E-state index contributed by atoms with van der Waals surface area (Å²) in [6.45, 7) is 1.97. The van der Waals surface area contributed by atoms with Crippen LogP contribution in [0.4, 0.5) is 10.2 Å². The van der Waals surface area contributed by atoms with Gasteiger partial charge in [0.2, 0.25) is 0 Å². The third kappa shape index (κ3) is 3.32. The second-order valence-electron chi connectivity index (χ2n) is 5.84. The molecule has 0 aliphatic rings. The van der Waals surface area contributed by atoms with E-state index in [1.807, 2.05) is 31.3 Å². The van der Waals surface area contributed by atoms with E-state index in [9.17, 15) is 9.18 Å². The van der Waals surface area contributed by atoms with Gasteiger partial charge in [0.25, 0.3) is 5.91 Å². The number of amides is 1. The summed E-state index contributed by atoms with van der Waals surface area (Å²) in [6.07, 6.45) is 3.58. The molecular weight excluding hydrogens is 349 g/mol. The van der Waals surface area contributed by atoms with Crippen molar-refractivity contribution in [3.63, 3.8) is 0 Å². The molecule has 0 bridgehead atoms. The molecule has 0 radical (unpaired) electrons. The molecule has 2 heterocycles. The van der Waals surface area contributed by atoms with Gasteiger partial charge in [-0.3, -0.25) is 4.79 Å². The number of aryl methyl sites for hydroxylation is 1. The molecule has 4 nitrogen and oxygen atoms in total. The minimum atomic E-state index is -0.379. The van der Waals surface area contributed by atoms with Crippen LogP contribution >= 0.6 is 11.3 Å². The van der Waals surface area contributed by atoms with Crippen LogP contribution in [0, 0.1) is 12.7 Å². The quantitative estimate of drug-likeness (QED) is 0.554. The van der Waals surface area contributed by atoms with Crippen molar-refractivity contribution in [2.24, 2.45) is 0 Å². The molecule has 2 aromatic carbocycles. The Balaban J connectivity index is 1.63. The molecule has 1 amide bonds. The normalized spacial score (nSPS) is 10.8. The minimum Gasteiger partial charge on any atom is -0.307 e. The monoisotopic (exact) mass is 363 g/mol. The highest BCUT2D eigenvalue weighted by Gasteiger charge is 2.09. The van der Waals surface area contributed by atoms with Gasteiger partial charge in [0, 0.05) is 23.3 Å². The van der Waals surface area contributed by atoms with E-state index in [0.717, 1.165) is 26.2 Å². The van der Waals surface area contributed by atoms with Gasteiger partial charge in [0.15, 0.2) is 0 Å². The molecule has 0 unspecified atom stereocenters. The van der Waals surface area contributed by atoms with E-state index in [4.69, 9.17) is 0 Å². The summed E-state index contributed by atoms with van der Waals surface area (Å²) in [7, 11) is 0. The fraction of sp³-hybridized carbons (Fsp3) is 0.0500. The molecule has 4 aromatic rings. The van der Waals surface area contributed by atoms with E-state index in [-0.39, 0.29) is 11.7 Å². The maximum Gasteiger partial charge on any atom is 0.256 e. The van der Waals surface area contributed by atoms with Gasteiger partial charge >= 0.3 is 0 Å². The summed E-state index contributed by atoms with van der Waals surface area (Å²) in [5, 5.41) is 5.72. The first kappa shape index (κ1) is 16.4. The summed E-state index contributed by atoms with van der Waals surface area (Å²) in [5.41, 5.74) is 1.45. The number of nitrogens with one attached hydrogen (secondary N) is 1. The zero-order chi connectivity index (χ0) is 18.1. The fourth-order valence-corrected chi connectivity index (χ4v) is 3.42. The van der Waals surface area contributed by atoms with E-state index in [2.05, 4.69) is 21.4 Å². The van der Waals surface area contributed by atoms with Gasteiger partial charge in [-0.05, 0) is 54.3 Å². The first-order valence-corrected chi connectivity index (χ1v) is 8.80. The van der Waals surface area contributed by atoms with Crippen LogP contribution in [0.1, 0.15) is 15.4 Å².